The minimum atomic E-state index is -0.274. The van der Waals surface area contributed by atoms with Crippen molar-refractivity contribution in [3.8, 4) is 0 Å². The molecule has 1 aliphatic heterocycles. The largest absolute Gasteiger partial charge is 0.374 e. The van der Waals surface area contributed by atoms with Crippen LogP contribution in [0.1, 0.15) is 47.1 Å². The van der Waals surface area contributed by atoms with E-state index < -0.39 is 0 Å². The van der Waals surface area contributed by atoms with Crippen LogP contribution < -0.4 is 4.90 Å². The van der Waals surface area contributed by atoms with Crippen molar-refractivity contribution >= 4 is 17.5 Å². The molecule has 2 heterocycles. The Labute approximate surface area is 182 Å². The van der Waals surface area contributed by atoms with E-state index in [9.17, 15) is 14.0 Å². The normalized spacial score (nSPS) is 16.2. The standard InChI is InChI=1S/C23H30FN5O2/c1-16-20(23(31)27(2)3)14-25-22(26-16)17-6-5-12-29(15-17)21(30)11-13-28(4)19-9-7-18(24)8-10-19/h7-10,14,17H,5-6,11-13,15H2,1-4H3. The highest BCUT2D eigenvalue weighted by atomic mass is 19.1. The molecule has 2 aromatic rings. The van der Waals surface area contributed by atoms with E-state index in [1.165, 1.54) is 17.0 Å². The van der Waals surface area contributed by atoms with Gasteiger partial charge in [0.1, 0.15) is 11.6 Å². The molecule has 3 rings (SSSR count). The lowest BCUT2D eigenvalue weighted by Crippen LogP contribution is -2.40. The zero-order valence-corrected chi connectivity index (χ0v) is 18.6. The molecular formula is C23H30FN5O2. The fourth-order valence-corrected chi connectivity index (χ4v) is 3.79. The molecule has 7 nitrogen and oxygen atoms in total. The first-order valence-electron chi connectivity index (χ1n) is 10.6. The minimum absolute atomic E-state index is 0.0646. The highest BCUT2D eigenvalue weighted by molar-refractivity contribution is 5.94. The molecule has 1 fully saturated rings. The molecule has 1 aromatic heterocycles. The predicted octanol–water partition coefficient (Wildman–Crippen LogP) is 2.86. The summed E-state index contributed by atoms with van der Waals surface area (Å²) in [5.41, 5.74) is 2.04. The van der Waals surface area contributed by atoms with E-state index >= 15 is 0 Å². The summed E-state index contributed by atoms with van der Waals surface area (Å²) in [6, 6.07) is 6.26. The van der Waals surface area contributed by atoms with Crippen LogP contribution in [-0.4, -0.2) is 72.4 Å². The van der Waals surface area contributed by atoms with Gasteiger partial charge in [0.25, 0.3) is 5.91 Å². The number of hydrogen-bond donors (Lipinski definition) is 0. The highest BCUT2D eigenvalue weighted by Gasteiger charge is 2.27. The third-order valence-electron chi connectivity index (χ3n) is 5.70. The summed E-state index contributed by atoms with van der Waals surface area (Å²) in [6.45, 7) is 3.69. The number of halogens is 1. The number of aryl methyl sites for hydroxylation is 1. The van der Waals surface area contributed by atoms with Crippen LogP contribution >= 0.6 is 0 Å². The third-order valence-corrected chi connectivity index (χ3v) is 5.70. The fourth-order valence-electron chi connectivity index (χ4n) is 3.79. The van der Waals surface area contributed by atoms with Crippen LogP contribution in [0.25, 0.3) is 0 Å². The van der Waals surface area contributed by atoms with Gasteiger partial charge in [-0.1, -0.05) is 0 Å². The lowest BCUT2D eigenvalue weighted by Gasteiger charge is -2.33. The van der Waals surface area contributed by atoms with E-state index in [0.29, 0.717) is 36.6 Å². The van der Waals surface area contributed by atoms with Gasteiger partial charge in [-0.25, -0.2) is 14.4 Å². The molecule has 31 heavy (non-hydrogen) atoms. The van der Waals surface area contributed by atoms with E-state index in [2.05, 4.69) is 9.97 Å². The van der Waals surface area contributed by atoms with Crippen LogP contribution in [0.2, 0.25) is 0 Å². The fraction of sp³-hybridized carbons (Fsp3) is 0.478. The number of likely N-dealkylation sites (tertiary alicyclic amines) is 1. The number of rotatable bonds is 6. The molecule has 1 aromatic carbocycles. The molecule has 166 valence electrons. The van der Waals surface area contributed by atoms with Gasteiger partial charge in [0.15, 0.2) is 0 Å². The van der Waals surface area contributed by atoms with Gasteiger partial charge >= 0.3 is 0 Å². The van der Waals surface area contributed by atoms with E-state index in [0.717, 1.165) is 25.1 Å². The summed E-state index contributed by atoms with van der Waals surface area (Å²) in [6.07, 6.45) is 3.79. The Morgan fingerprint density at radius 3 is 2.55 bits per heavy atom. The van der Waals surface area contributed by atoms with Crippen LogP contribution in [0, 0.1) is 12.7 Å². The number of amides is 2. The van der Waals surface area contributed by atoms with Crippen molar-refractivity contribution in [1.82, 2.24) is 19.8 Å². The first kappa shape index (κ1) is 22.7. The van der Waals surface area contributed by atoms with Gasteiger partial charge < -0.3 is 14.7 Å². The number of piperidine rings is 1. The van der Waals surface area contributed by atoms with Crippen molar-refractivity contribution in [2.45, 2.75) is 32.1 Å². The molecular weight excluding hydrogens is 397 g/mol. The number of hydrogen-bond acceptors (Lipinski definition) is 5. The van der Waals surface area contributed by atoms with Crippen molar-refractivity contribution in [3.05, 3.63) is 53.4 Å². The molecule has 0 saturated carbocycles. The monoisotopic (exact) mass is 427 g/mol. The maximum atomic E-state index is 13.1. The van der Waals surface area contributed by atoms with Gasteiger partial charge in [-0.3, -0.25) is 9.59 Å². The van der Waals surface area contributed by atoms with Crippen molar-refractivity contribution in [2.75, 3.05) is 45.7 Å². The van der Waals surface area contributed by atoms with Crippen LogP contribution in [0.3, 0.4) is 0 Å². The van der Waals surface area contributed by atoms with E-state index in [-0.39, 0.29) is 23.5 Å². The number of carbonyl (C=O) groups is 2. The summed E-state index contributed by atoms with van der Waals surface area (Å²) >= 11 is 0. The van der Waals surface area contributed by atoms with Crippen molar-refractivity contribution in [2.24, 2.45) is 0 Å². The van der Waals surface area contributed by atoms with E-state index in [1.54, 1.807) is 32.4 Å². The van der Waals surface area contributed by atoms with Crippen molar-refractivity contribution in [1.29, 1.82) is 0 Å². The second kappa shape index (κ2) is 9.85. The first-order chi connectivity index (χ1) is 14.8. The van der Waals surface area contributed by atoms with Gasteiger partial charge in [0.2, 0.25) is 5.91 Å². The molecule has 2 amide bonds. The molecule has 1 aliphatic rings. The number of aromatic nitrogens is 2. The Morgan fingerprint density at radius 1 is 1.19 bits per heavy atom. The van der Waals surface area contributed by atoms with Gasteiger partial charge in [-0.2, -0.15) is 0 Å². The van der Waals surface area contributed by atoms with E-state index in [1.807, 2.05) is 23.8 Å². The highest BCUT2D eigenvalue weighted by Crippen LogP contribution is 2.25. The Kier molecular flexibility index (Phi) is 7.20. The predicted molar refractivity (Wildman–Crippen MR) is 118 cm³/mol. The number of anilines is 1. The summed E-state index contributed by atoms with van der Waals surface area (Å²) in [5, 5.41) is 0. The molecule has 1 atom stereocenters. The molecule has 0 spiro atoms. The van der Waals surface area contributed by atoms with Crippen LogP contribution in [0.15, 0.2) is 30.5 Å². The third kappa shape index (κ3) is 5.57. The van der Waals surface area contributed by atoms with Crippen LogP contribution in [0.5, 0.6) is 0 Å². The van der Waals surface area contributed by atoms with Gasteiger partial charge in [0.05, 0.1) is 11.3 Å². The Balaban J connectivity index is 1.59. The average Bonchev–Trinajstić information content (AvgIpc) is 2.77. The smallest absolute Gasteiger partial charge is 0.256 e. The quantitative estimate of drug-likeness (QED) is 0.709. The van der Waals surface area contributed by atoms with Crippen molar-refractivity contribution in [3.63, 3.8) is 0 Å². The van der Waals surface area contributed by atoms with Gasteiger partial charge in [0, 0.05) is 65.0 Å². The maximum Gasteiger partial charge on any atom is 0.256 e. The molecule has 0 bridgehead atoms. The first-order valence-corrected chi connectivity index (χ1v) is 10.6. The summed E-state index contributed by atoms with van der Waals surface area (Å²) in [7, 11) is 5.30. The lowest BCUT2D eigenvalue weighted by atomic mass is 9.96. The zero-order valence-electron chi connectivity index (χ0n) is 18.6. The zero-order chi connectivity index (χ0) is 22.5. The Bertz CT molecular complexity index is 932. The summed E-state index contributed by atoms with van der Waals surface area (Å²) in [5.74, 6) is 0.456. The molecule has 0 aliphatic carbocycles. The summed E-state index contributed by atoms with van der Waals surface area (Å²) < 4.78 is 13.1. The molecule has 8 heteroatoms. The summed E-state index contributed by atoms with van der Waals surface area (Å²) in [4.78, 5) is 39.4. The number of nitrogens with zero attached hydrogens (tertiary/aromatic N) is 5. The molecule has 0 radical (unpaired) electrons. The minimum Gasteiger partial charge on any atom is -0.374 e. The van der Waals surface area contributed by atoms with Crippen molar-refractivity contribution < 1.29 is 14.0 Å². The van der Waals surface area contributed by atoms with E-state index in [4.69, 9.17) is 0 Å². The Hall–Kier alpha value is -3.03. The lowest BCUT2D eigenvalue weighted by molar-refractivity contribution is -0.132. The Morgan fingerprint density at radius 2 is 1.90 bits per heavy atom. The number of carbonyl (C=O) groups excluding carboxylic acids is 2. The second-order valence-electron chi connectivity index (χ2n) is 8.25. The average molecular weight is 428 g/mol. The molecule has 1 saturated heterocycles. The second-order valence-corrected chi connectivity index (χ2v) is 8.25. The number of benzene rings is 1. The van der Waals surface area contributed by atoms with Crippen LogP contribution in [0.4, 0.5) is 10.1 Å². The SMILES string of the molecule is Cc1nc(C2CCCN(C(=O)CCN(C)c3ccc(F)cc3)C2)ncc1C(=O)N(C)C. The van der Waals surface area contributed by atoms with Gasteiger partial charge in [-0.15, -0.1) is 0 Å². The maximum absolute atomic E-state index is 13.1. The van der Waals surface area contributed by atoms with Crippen LogP contribution in [-0.2, 0) is 4.79 Å². The molecule has 0 N–H and O–H groups in total. The topological polar surface area (TPSA) is 69.6 Å². The van der Waals surface area contributed by atoms with Gasteiger partial charge in [-0.05, 0) is 44.0 Å². The molecule has 1 unspecified atom stereocenters.